The molecule has 0 saturated carbocycles. The Morgan fingerprint density at radius 3 is 2.70 bits per heavy atom. The molecule has 0 unspecified atom stereocenters. The fraction of sp³-hybridized carbons (Fsp3) is 0.188. The van der Waals surface area contributed by atoms with Crippen LogP contribution >= 0.6 is 0 Å². The standard InChI is InChI=1S/C16H16N4/c1-10(2)16-19-14(9-15(17)20-16)12-5-6-13-11(8-12)4-3-7-18-13/h3-10H,1-2H3,(H2,17,19,20). The number of anilines is 1. The quantitative estimate of drug-likeness (QED) is 0.770. The number of fused-ring (bicyclic) bond motifs is 1. The lowest BCUT2D eigenvalue weighted by atomic mass is 10.1. The van der Waals surface area contributed by atoms with Crippen molar-refractivity contribution in [2.24, 2.45) is 0 Å². The monoisotopic (exact) mass is 264 g/mol. The van der Waals surface area contributed by atoms with Crippen molar-refractivity contribution in [1.82, 2.24) is 15.0 Å². The minimum absolute atomic E-state index is 0.249. The van der Waals surface area contributed by atoms with Crippen LogP contribution in [-0.2, 0) is 0 Å². The SMILES string of the molecule is CC(C)c1nc(N)cc(-c2ccc3ncccc3c2)n1. The van der Waals surface area contributed by atoms with Gasteiger partial charge in [-0.3, -0.25) is 4.98 Å². The van der Waals surface area contributed by atoms with Crippen molar-refractivity contribution in [2.75, 3.05) is 5.73 Å². The summed E-state index contributed by atoms with van der Waals surface area (Å²) >= 11 is 0. The number of benzene rings is 1. The van der Waals surface area contributed by atoms with Gasteiger partial charge in [0.25, 0.3) is 0 Å². The summed E-state index contributed by atoms with van der Waals surface area (Å²) in [6, 6.07) is 11.9. The van der Waals surface area contributed by atoms with Crippen molar-refractivity contribution in [3.63, 3.8) is 0 Å². The van der Waals surface area contributed by atoms with E-state index in [1.807, 2.05) is 30.3 Å². The average molecular weight is 264 g/mol. The second kappa shape index (κ2) is 4.89. The third-order valence-corrected chi connectivity index (χ3v) is 3.18. The number of hydrogen-bond donors (Lipinski definition) is 1. The number of hydrogen-bond acceptors (Lipinski definition) is 4. The Hall–Kier alpha value is -2.49. The van der Waals surface area contributed by atoms with Gasteiger partial charge in [-0.15, -0.1) is 0 Å². The van der Waals surface area contributed by atoms with Gasteiger partial charge in [0.2, 0.25) is 0 Å². The number of pyridine rings is 1. The van der Waals surface area contributed by atoms with E-state index in [4.69, 9.17) is 5.73 Å². The summed E-state index contributed by atoms with van der Waals surface area (Å²) in [4.78, 5) is 13.2. The summed E-state index contributed by atoms with van der Waals surface area (Å²) in [7, 11) is 0. The molecule has 4 nitrogen and oxygen atoms in total. The molecule has 0 bridgehead atoms. The van der Waals surface area contributed by atoms with E-state index in [-0.39, 0.29) is 5.92 Å². The molecule has 0 amide bonds. The lowest BCUT2D eigenvalue weighted by molar-refractivity contribution is 0.779. The molecule has 2 heterocycles. The smallest absolute Gasteiger partial charge is 0.133 e. The largest absolute Gasteiger partial charge is 0.384 e. The fourth-order valence-corrected chi connectivity index (χ4v) is 2.13. The molecule has 0 aliphatic heterocycles. The lowest BCUT2D eigenvalue weighted by Gasteiger charge is -2.08. The molecule has 0 atom stereocenters. The highest BCUT2D eigenvalue weighted by molar-refractivity contribution is 5.83. The zero-order chi connectivity index (χ0) is 14.1. The molecule has 1 aromatic carbocycles. The average Bonchev–Trinajstić information content (AvgIpc) is 2.46. The van der Waals surface area contributed by atoms with Crippen LogP contribution in [0.2, 0.25) is 0 Å². The normalized spacial score (nSPS) is 11.2. The molecule has 0 aliphatic carbocycles. The van der Waals surface area contributed by atoms with Gasteiger partial charge in [0.1, 0.15) is 11.6 Å². The van der Waals surface area contributed by atoms with Crippen molar-refractivity contribution < 1.29 is 0 Å². The zero-order valence-electron chi connectivity index (χ0n) is 11.5. The second-order valence-electron chi connectivity index (χ2n) is 5.10. The lowest BCUT2D eigenvalue weighted by Crippen LogP contribution is -2.02. The minimum Gasteiger partial charge on any atom is -0.384 e. The summed E-state index contributed by atoms with van der Waals surface area (Å²) in [5.41, 5.74) is 8.74. The van der Waals surface area contributed by atoms with Gasteiger partial charge in [-0.25, -0.2) is 9.97 Å². The first-order valence-electron chi connectivity index (χ1n) is 6.63. The van der Waals surface area contributed by atoms with Gasteiger partial charge in [0, 0.05) is 29.1 Å². The van der Waals surface area contributed by atoms with E-state index >= 15 is 0 Å². The number of aromatic nitrogens is 3. The predicted molar refractivity (Wildman–Crippen MR) is 81.3 cm³/mol. The molecule has 0 fully saturated rings. The molecule has 2 aromatic heterocycles. The van der Waals surface area contributed by atoms with Crippen LogP contribution in [-0.4, -0.2) is 15.0 Å². The van der Waals surface area contributed by atoms with Gasteiger partial charge in [0.05, 0.1) is 11.2 Å². The van der Waals surface area contributed by atoms with Crippen molar-refractivity contribution in [2.45, 2.75) is 19.8 Å². The summed E-state index contributed by atoms with van der Waals surface area (Å²) in [5, 5.41) is 1.09. The van der Waals surface area contributed by atoms with Gasteiger partial charge in [-0.2, -0.15) is 0 Å². The number of rotatable bonds is 2. The fourth-order valence-electron chi connectivity index (χ4n) is 2.13. The molecule has 0 saturated heterocycles. The molecule has 100 valence electrons. The third-order valence-electron chi connectivity index (χ3n) is 3.18. The summed E-state index contributed by atoms with van der Waals surface area (Å²) in [5.74, 6) is 1.52. The van der Waals surface area contributed by atoms with Gasteiger partial charge in [-0.1, -0.05) is 26.0 Å². The van der Waals surface area contributed by atoms with E-state index in [2.05, 4.69) is 34.9 Å². The van der Waals surface area contributed by atoms with E-state index in [0.717, 1.165) is 28.0 Å². The first-order chi connectivity index (χ1) is 9.63. The predicted octanol–water partition coefficient (Wildman–Crippen LogP) is 3.40. The highest BCUT2D eigenvalue weighted by atomic mass is 14.9. The zero-order valence-corrected chi connectivity index (χ0v) is 11.5. The van der Waals surface area contributed by atoms with Crippen LogP contribution < -0.4 is 5.73 Å². The Morgan fingerprint density at radius 2 is 1.90 bits per heavy atom. The Balaban J connectivity index is 2.15. The van der Waals surface area contributed by atoms with E-state index in [9.17, 15) is 0 Å². The number of nitrogen functional groups attached to an aromatic ring is 1. The molecule has 0 spiro atoms. The van der Waals surface area contributed by atoms with E-state index < -0.39 is 0 Å². The number of nitrogens with zero attached hydrogens (tertiary/aromatic N) is 3. The maximum absolute atomic E-state index is 5.88. The third kappa shape index (κ3) is 2.32. The highest BCUT2D eigenvalue weighted by Crippen LogP contribution is 2.24. The molecule has 2 N–H and O–H groups in total. The van der Waals surface area contributed by atoms with Gasteiger partial charge in [0.15, 0.2) is 0 Å². The molecule has 20 heavy (non-hydrogen) atoms. The van der Waals surface area contributed by atoms with Crippen LogP contribution in [0, 0.1) is 0 Å². The van der Waals surface area contributed by atoms with Crippen LogP contribution in [0.25, 0.3) is 22.2 Å². The molecule has 4 heteroatoms. The Morgan fingerprint density at radius 1 is 1.05 bits per heavy atom. The molecule has 0 aliphatic rings. The van der Waals surface area contributed by atoms with Gasteiger partial charge >= 0.3 is 0 Å². The van der Waals surface area contributed by atoms with Gasteiger partial charge < -0.3 is 5.73 Å². The first-order valence-corrected chi connectivity index (χ1v) is 6.63. The summed E-state index contributed by atoms with van der Waals surface area (Å²) < 4.78 is 0. The van der Waals surface area contributed by atoms with Crippen molar-refractivity contribution >= 4 is 16.7 Å². The van der Waals surface area contributed by atoms with E-state index in [1.54, 1.807) is 6.20 Å². The van der Waals surface area contributed by atoms with Crippen LogP contribution in [0.1, 0.15) is 25.6 Å². The van der Waals surface area contributed by atoms with Crippen molar-refractivity contribution in [3.05, 3.63) is 48.4 Å². The minimum atomic E-state index is 0.249. The Kier molecular flexibility index (Phi) is 3.06. The molecule has 3 aromatic rings. The van der Waals surface area contributed by atoms with Crippen LogP contribution in [0.4, 0.5) is 5.82 Å². The Labute approximate surface area is 117 Å². The summed E-state index contributed by atoms with van der Waals surface area (Å²) in [6.07, 6.45) is 1.79. The Bertz CT molecular complexity index is 765. The molecular formula is C16H16N4. The van der Waals surface area contributed by atoms with Crippen molar-refractivity contribution in [3.8, 4) is 11.3 Å². The number of nitrogens with two attached hydrogens (primary N) is 1. The van der Waals surface area contributed by atoms with Crippen LogP contribution in [0.15, 0.2) is 42.6 Å². The molecule has 0 radical (unpaired) electrons. The summed E-state index contributed by atoms with van der Waals surface area (Å²) in [6.45, 7) is 4.12. The second-order valence-corrected chi connectivity index (χ2v) is 5.10. The maximum atomic E-state index is 5.88. The molecular weight excluding hydrogens is 248 g/mol. The van der Waals surface area contributed by atoms with Crippen molar-refractivity contribution in [1.29, 1.82) is 0 Å². The molecule has 3 rings (SSSR count). The van der Waals surface area contributed by atoms with Crippen LogP contribution in [0.3, 0.4) is 0 Å². The maximum Gasteiger partial charge on any atom is 0.133 e. The van der Waals surface area contributed by atoms with E-state index in [0.29, 0.717) is 5.82 Å². The van der Waals surface area contributed by atoms with E-state index in [1.165, 1.54) is 0 Å². The van der Waals surface area contributed by atoms with Gasteiger partial charge in [-0.05, 0) is 18.2 Å². The first kappa shape index (κ1) is 12.5. The highest BCUT2D eigenvalue weighted by Gasteiger charge is 2.08. The van der Waals surface area contributed by atoms with Crippen LogP contribution in [0.5, 0.6) is 0 Å². The topological polar surface area (TPSA) is 64.7 Å².